The lowest BCUT2D eigenvalue weighted by Crippen LogP contribution is -2.10. The first kappa shape index (κ1) is 10.5. The summed E-state index contributed by atoms with van der Waals surface area (Å²) in [7, 11) is 0. The Morgan fingerprint density at radius 3 is 2.79 bits per heavy atom. The third kappa shape index (κ3) is 2.28. The summed E-state index contributed by atoms with van der Waals surface area (Å²) in [6, 6.07) is 9.56. The van der Waals surface area contributed by atoms with Crippen molar-refractivity contribution in [3.05, 3.63) is 60.3 Å². The number of hydrogen-bond donors (Lipinski definition) is 1. The number of aromatic nitrogens is 4. The van der Waals surface area contributed by atoms with Crippen molar-refractivity contribution < 1.29 is 6.48 Å². The first-order valence-corrected chi connectivity index (χ1v) is 5.90. The standard InChI is InChI=1S/C14H12N4O/c19-9-11(10-4-2-1-3-5-10)13-17-8-12-14(18-13)16-7-6-15-12/h1-8,11,19H,9H2/i7D. The van der Waals surface area contributed by atoms with Crippen molar-refractivity contribution >= 4 is 11.2 Å². The number of aliphatic hydroxyl groups is 1. The minimum Gasteiger partial charge on any atom is -0.395 e. The van der Waals surface area contributed by atoms with Gasteiger partial charge in [-0.25, -0.2) is 19.9 Å². The second-order valence-electron chi connectivity index (χ2n) is 4.08. The van der Waals surface area contributed by atoms with Crippen molar-refractivity contribution in [1.82, 2.24) is 19.9 Å². The number of hydrogen-bond acceptors (Lipinski definition) is 5. The van der Waals surface area contributed by atoms with Crippen LogP contribution < -0.4 is 0 Å². The first-order chi connectivity index (χ1) is 9.78. The lowest BCUT2D eigenvalue weighted by molar-refractivity contribution is 0.277. The molecule has 19 heavy (non-hydrogen) atoms. The molecule has 1 atom stereocenters. The molecule has 3 rings (SSSR count). The van der Waals surface area contributed by atoms with Crippen LogP contribution in [0.2, 0.25) is 0 Å². The molecule has 1 N–H and O–H groups in total. The van der Waals surface area contributed by atoms with Crippen molar-refractivity contribution in [2.75, 3.05) is 6.61 Å². The summed E-state index contributed by atoms with van der Waals surface area (Å²) in [4.78, 5) is 16.6. The van der Waals surface area contributed by atoms with Crippen LogP contribution in [0.4, 0.5) is 0 Å². The van der Waals surface area contributed by atoms with Crippen molar-refractivity contribution in [2.24, 2.45) is 0 Å². The predicted octanol–water partition coefficient (Wildman–Crippen LogP) is 1.54. The Labute approximate surface area is 111 Å². The van der Waals surface area contributed by atoms with E-state index >= 15 is 0 Å². The Morgan fingerprint density at radius 2 is 2.00 bits per heavy atom. The van der Waals surface area contributed by atoms with E-state index in [4.69, 9.17) is 1.37 Å². The molecule has 2 heterocycles. The molecule has 0 spiro atoms. The van der Waals surface area contributed by atoms with Gasteiger partial charge in [-0.1, -0.05) is 30.3 Å². The van der Waals surface area contributed by atoms with Crippen LogP contribution in [0.15, 0.2) is 48.9 Å². The molecular formula is C14H12N4O. The Hall–Kier alpha value is -2.40. The van der Waals surface area contributed by atoms with Crippen LogP contribution in [-0.4, -0.2) is 31.6 Å². The summed E-state index contributed by atoms with van der Waals surface area (Å²) >= 11 is 0. The van der Waals surface area contributed by atoms with Crippen LogP contribution in [0.3, 0.4) is 0 Å². The van der Waals surface area contributed by atoms with Crippen molar-refractivity contribution in [2.45, 2.75) is 5.92 Å². The van der Waals surface area contributed by atoms with E-state index in [1.54, 1.807) is 6.20 Å². The zero-order valence-corrected chi connectivity index (χ0v) is 10.1. The number of nitrogens with zero attached hydrogens (tertiary/aromatic N) is 4. The second-order valence-corrected chi connectivity index (χ2v) is 4.08. The zero-order valence-electron chi connectivity index (χ0n) is 11.1. The molecule has 0 aliphatic heterocycles. The van der Waals surface area contributed by atoms with E-state index in [2.05, 4.69) is 19.9 Å². The van der Waals surface area contributed by atoms with E-state index in [9.17, 15) is 5.11 Å². The van der Waals surface area contributed by atoms with Gasteiger partial charge in [0.1, 0.15) is 11.3 Å². The largest absolute Gasteiger partial charge is 0.395 e. The summed E-state index contributed by atoms with van der Waals surface area (Å²) in [5, 5.41) is 9.61. The molecule has 5 nitrogen and oxygen atoms in total. The topological polar surface area (TPSA) is 71.8 Å². The molecule has 0 aliphatic rings. The molecule has 0 saturated carbocycles. The van der Waals surface area contributed by atoms with E-state index in [0.29, 0.717) is 17.0 Å². The fourth-order valence-electron chi connectivity index (χ4n) is 1.93. The van der Waals surface area contributed by atoms with E-state index in [-0.39, 0.29) is 18.7 Å². The van der Waals surface area contributed by atoms with E-state index in [1.165, 1.54) is 6.20 Å². The summed E-state index contributed by atoms with van der Waals surface area (Å²) in [5.74, 6) is 0.169. The highest BCUT2D eigenvalue weighted by atomic mass is 16.3. The predicted molar refractivity (Wildman–Crippen MR) is 70.5 cm³/mol. The average Bonchev–Trinajstić information content (AvgIpc) is 2.49. The second kappa shape index (κ2) is 5.07. The number of benzene rings is 1. The molecule has 2 aromatic heterocycles. The van der Waals surface area contributed by atoms with Gasteiger partial charge in [0.15, 0.2) is 5.65 Å². The maximum Gasteiger partial charge on any atom is 0.181 e. The lowest BCUT2D eigenvalue weighted by Gasteiger charge is -2.13. The Morgan fingerprint density at radius 1 is 1.16 bits per heavy atom. The van der Waals surface area contributed by atoms with Crippen LogP contribution in [-0.2, 0) is 0 Å². The molecule has 0 bridgehead atoms. The van der Waals surface area contributed by atoms with Crippen LogP contribution in [0.25, 0.3) is 11.2 Å². The summed E-state index contributed by atoms with van der Waals surface area (Å²) in [5.41, 5.74) is 1.84. The van der Waals surface area contributed by atoms with Crippen LogP contribution >= 0.6 is 0 Å². The van der Waals surface area contributed by atoms with Gasteiger partial charge in [0.25, 0.3) is 0 Å². The lowest BCUT2D eigenvalue weighted by atomic mass is 9.99. The van der Waals surface area contributed by atoms with Gasteiger partial charge in [-0.05, 0) is 5.56 Å². The molecule has 0 fully saturated rings. The quantitative estimate of drug-likeness (QED) is 0.766. The highest BCUT2D eigenvalue weighted by Crippen LogP contribution is 2.21. The summed E-state index contributed by atoms with van der Waals surface area (Å²) in [6.07, 6.45) is 2.98. The van der Waals surface area contributed by atoms with Crippen molar-refractivity contribution in [3.8, 4) is 0 Å². The summed E-state index contributed by atoms with van der Waals surface area (Å²) < 4.78 is 7.48. The molecule has 1 aromatic carbocycles. The Kier molecular flexibility index (Phi) is 2.81. The fourth-order valence-corrected chi connectivity index (χ4v) is 1.93. The van der Waals surface area contributed by atoms with Gasteiger partial charge in [0.2, 0.25) is 0 Å². The molecule has 0 aliphatic carbocycles. The number of fused-ring (bicyclic) bond motifs is 1. The van der Waals surface area contributed by atoms with Gasteiger partial charge in [-0.3, -0.25) is 0 Å². The smallest absolute Gasteiger partial charge is 0.181 e. The van der Waals surface area contributed by atoms with Gasteiger partial charge in [-0.15, -0.1) is 0 Å². The molecule has 94 valence electrons. The Bertz CT molecular complexity index is 736. The van der Waals surface area contributed by atoms with E-state index in [0.717, 1.165) is 5.56 Å². The number of rotatable bonds is 3. The molecular weight excluding hydrogens is 240 g/mol. The van der Waals surface area contributed by atoms with Gasteiger partial charge in [0, 0.05) is 12.4 Å². The van der Waals surface area contributed by atoms with Gasteiger partial charge >= 0.3 is 0 Å². The van der Waals surface area contributed by atoms with Gasteiger partial charge in [0.05, 0.1) is 20.1 Å². The minimum atomic E-state index is -0.309. The van der Waals surface area contributed by atoms with Crippen molar-refractivity contribution in [1.29, 1.82) is 0 Å². The molecule has 0 saturated heterocycles. The number of aliphatic hydroxyl groups excluding tert-OH is 1. The third-order valence-corrected chi connectivity index (χ3v) is 2.90. The minimum absolute atomic E-state index is 0.0578. The molecule has 1 unspecified atom stereocenters. The maximum absolute atomic E-state index is 9.61. The van der Waals surface area contributed by atoms with Crippen LogP contribution in [0, 0.1) is 0 Å². The van der Waals surface area contributed by atoms with E-state index in [1.807, 2.05) is 30.3 Å². The first-order valence-electron chi connectivity index (χ1n) is 6.40. The van der Waals surface area contributed by atoms with Gasteiger partial charge in [-0.2, -0.15) is 0 Å². The fraction of sp³-hybridized carbons (Fsp3) is 0.143. The van der Waals surface area contributed by atoms with Crippen molar-refractivity contribution in [3.63, 3.8) is 0 Å². The molecule has 0 amide bonds. The zero-order chi connectivity index (χ0) is 13.9. The van der Waals surface area contributed by atoms with Crippen LogP contribution in [0.1, 0.15) is 18.7 Å². The highest BCUT2D eigenvalue weighted by molar-refractivity contribution is 5.67. The summed E-state index contributed by atoms with van der Waals surface area (Å²) in [6.45, 7) is -0.0937. The maximum atomic E-state index is 9.61. The SMILES string of the molecule is [2H]c1cnc2cnc(C(CO)c3ccccc3)nc2n1. The highest BCUT2D eigenvalue weighted by Gasteiger charge is 2.16. The molecule has 3 aromatic rings. The average molecular weight is 253 g/mol. The van der Waals surface area contributed by atoms with Gasteiger partial charge < -0.3 is 5.11 Å². The Balaban J connectivity index is 2.08. The van der Waals surface area contributed by atoms with E-state index < -0.39 is 0 Å². The molecule has 5 heteroatoms. The normalized spacial score (nSPS) is 13.2. The van der Waals surface area contributed by atoms with Crippen LogP contribution in [0.5, 0.6) is 0 Å². The third-order valence-electron chi connectivity index (χ3n) is 2.90. The molecule has 0 radical (unpaired) electrons. The monoisotopic (exact) mass is 253 g/mol.